The molecule has 0 aromatic heterocycles. The molecule has 0 saturated heterocycles. The first-order chi connectivity index (χ1) is 8.70. The van der Waals surface area contributed by atoms with Crippen molar-refractivity contribution in [2.75, 3.05) is 7.05 Å². The van der Waals surface area contributed by atoms with Crippen LogP contribution in [0.2, 0.25) is 0 Å². The van der Waals surface area contributed by atoms with Crippen molar-refractivity contribution in [3.63, 3.8) is 0 Å². The molecule has 0 saturated carbocycles. The molecule has 1 unspecified atom stereocenters. The molecular weight excluding hydrogens is 257 g/mol. The second kappa shape index (κ2) is 6.06. The van der Waals surface area contributed by atoms with Gasteiger partial charge < -0.3 is 10.6 Å². The average Bonchev–Trinajstić information content (AvgIpc) is 2.27. The Hall–Kier alpha value is -1.56. The molecule has 0 spiro atoms. The van der Waals surface area contributed by atoms with E-state index < -0.39 is 11.7 Å². The van der Waals surface area contributed by atoms with E-state index in [0.29, 0.717) is 5.56 Å². The lowest BCUT2D eigenvalue weighted by Crippen LogP contribution is -2.31. The number of carbonyl (C=O) groups excluding carboxylic acids is 1. The average molecular weight is 274 g/mol. The van der Waals surface area contributed by atoms with Gasteiger partial charge in [-0.2, -0.15) is 13.2 Å². The van der Waals surface area contributed by atoms with Gasteiger partial charge in [-0.1, -0.05) is 12.1 Å². The topological polar surface area (TPSA) is 46.3 Å². The molecule has 0 aliphatic heterocycles. The first kappa shape index (κ1) is 15.5. The predicted molar refractivity (Wildman–Crippen MR) is 66.2 cm³/mol. The molecule has 1 rings (SSSR count). The maximum absolute atomic E-state index is 12.5. The maximum atomic E-state index is 12.5. The molecule has 1 aromatic carbocycles. The van der Waals surface area contributed by atoms with Gasteiger partial charge in [0.2, 0.25) is 5.91 Å². The van der Waals surface area contributed by atoms with E-state index in [1.54, 1.807) is 20.0 Å². The monoisotopic (exact) mass is 274 g/mol. The van der Waals surface area contributed by atoms with Crippen LogP contribution in [0.3, 0.4) is 0 Å². The largest absolute Gasteiger partial charge is 0.416 e. The quantitative estimate of drug-likeness (QED) is 0.916. The van der Waals surface area contributed by atoms with Gasteiger partial charge >= 0.3 is 6.18 Å². The van der Waals surface area contributed by atoms with Gasteiger partial charge in [-0.15, -0.1) is 0 Å². The maximum Gasteiger partial charge on any atom is 0.416 e. The minimum absolute atomic E-state index is 0.134. The van der Waals surface area contributed by atoms with E-state index in [4.69, 9.17) is 5.73 Å². The summed E-state index contributed by atoms with van der Waals surface area (Å²) in [5.41, 5.74) is 5.24. The fourth-order valence-corrected chi connectivity index (χ4v) is 1.64. The lowest BCUT2D eigenvalue weighted by molar-refractivity contribution is -0.137. The number of hydrogen-bond acceptors (Lipinski definition) is 2. The zero-order valence-corrected chi connectivity index (χ0v) is 10.9. The fraction of sp³-hybridized carbons (Fsp3) is 0.462. The van der Waals surface area contributed by atoms with Gasteiger partial charge in [0.25, 0.3) is 0 Å². The molecule has 0 aliphatic rings. The molecule has 106 valence electrons. The molecule has 0 fully saturated rings. The highest BCUT2D eigenvalue weighted by Crippen LogP contribution is 2.29. The predicted octanol–water partition coefficient (Wildman–Crippen LogP) is 2.40. The zero-order valence-electron chi connectivity index (χ0n) is 10.9. The molecule has 19 heavy (non-hydrogen) atoms. The molecule has 0 aliphatic carbocycles. The summed E-state index contributed by atoms with van der Waals surface area (Å²) in [4.78, 5) is 13.0. The summed E-state index contributed by atoms with van der Waals surface area (Å²) in [6.07, 6.45) is -4.19. The normalized spacial score (nSPS) is 13.2. The first-order valence-electron chi connectivity index (χ1n) is 5.86. The molecule has 1 atom stereocenters. The Morgan fingerprint density at radius 2 is 2.05 bits per heavy atom. The number of halogens is 3. The molecule has 3 nitrogen and oxygen atoms in total. The highest BCUT2D eigenvalue weighted by Gasteiger charge is 2.30. The Labute approximate surface area is 110 Å². The Morgan fingerprint density at radius 3 is 2.58 bits per heavy atom. The van der Waals surface area contributed by atoms with E-state index in [1.165, 1.54) is 11.0 Å². The van der Waals surface area contributed by atoms with E-state index in [1.807, 2.05) is 0 Å². The summed E-state index contributed by atoms with van der Waals surface area (Å²) in [7, 11) is 1.55. The molecule has 0 bridgehead atoms. The third-order valence-corrected chi connectivity index (χ3v) is 2.60. The van der Waals surface area contributed by atoms with E-state index in [9.17, 15) is 18.0 Å². The number of nitrogens with two attached hydrogens (primary N) is 1. The van der Waals surface area contributed by atoms with Crippen molar-refractivity contribution in [1.29, 1.82) is 0 Å². The zero-order chi connectivity index (χ0) is 14.6. The van der Waals surface area contributed by atoms with Gasteiger partial charge in [-0.25, -0.2) is 0 Å². The van der Waals surface area contributed by atoms with Crippen molar-refractivity contribution in [1.82, 2.24) is 4.90 Å². The number of carbonyl (C=O) groups is 1. The highest BCUT2D eigenvalue weighted by atomic mass is 19.4. The molecular formula is C13H17F3N2O. The van der Waals surface area contributed by atoms with Crippen molar-refractivity contribution >= 4 is 5.91 Å². The Bertz CT molecular complexity index is 444. The number of alkyl halides is 3. The van der Waals surface area contributed by atoms with E-state index in [2.05, 4.69) is 0 Å². The van der Waals surface area contributed by atoms with Gasteiger partial charge in [-0.05, 0) is 24.6 Å². The molecule has 2 N–H and O–H groups in total. The summed E-state index contributed by atoms with van der Waals surface area (Å²) in [5.74, 6) is -0.188. The van der Waals surface area contributed by atoms with Crippen molar-refractivity contribution in [2.45, 2.75) is 32.1 Å². The summed E-state index contributed by atoms with van der Waals surface area (Å²) in [6.45, 7) is 1.84. The van der Waals surface area contributed by atoms with Crippen LogP contribution < -0.4 is 5.73 Å². The van der Waals surface area contributed by atoms with E-state index in [0.717, 1.165) is 12.1 Å². The Balaban J connectivity index is 2.75. The van der Waals surface area contributed by atoms with Crippen LogP contribution in [0.1, 0.15) is 24.5 Å². The van der Waals surface area contributed by atoms with Crippen LogP contribution in [0.15, 0.2) is 24.3 Å². The molecule has 0 radical (unpaired) electrons. The number of hydrogen-bond donors (Lipinski definition) is 1. The van der Waals surface area contributed by atoms with Crippen molar-refractivity contribution in [2.24, 2.45) is 5.73 Å². The second-order valence-electron chi connectivity index (χ2n) is 4.63. The SMILES string of the molecule is CC(N)CC(=O)N(C)Cc1cccc(C(F)(F)F)c1. The Morgan fingerprint density at radius 1 is 1.42 bits per heavy atom. The van der Waals surface area contributed by atoms with Crippen molar-refractivity contribution in [3.8, 4) is 0 Å². The van der Waals surface area contributed by atoms with Gasteiger partial charge in [-0.3, -0.25) is 4.79 Å². The number of nitrogens with zero attached hydrogens (tertiary/aromatic N) is 1. The van der Waals surface area contributed by atoms with Crippen LogP contribution in [-0.4, -0.2) is 23.9 Å². The summed E-state index contributed by atoms with van der Waals surface area (Å²) < 4.78 is 37.6. The molecule has 6 heteroatoms. The van der Waals surface area contributed by atoms with Crippen LogP contribution in [0.4, 0.5) is 13.2 Å². The number of benzene rings is 1. The van der Waals surface area contributed by atoms with Crippen LogP contribution in [0, 0.1) is 0 Å². The smallest absolute Gasteiger partial charge is 0.341 e. The van der Waals surface area contributed by atoms with Gasteiger partial charge in [0.15, 0.2) is 0 Å². The lowest BCUT2D eigenvalue weighted by atomic mass is 10.1. The third kappa shape index (κ3) is 4.90. The van der Waals surface area contributed by atoms with Crippen LogP contribution in [0.25, 0.3) is 0 Å². The lowest BCUT2D eigenvalue weighted by Gasteiger charge is -2.19. The van der Waals surface area contributed by atoms with Crippen molar-refractivity contribution < 1.29 is 18.0 Å². The van der Waals surface area contributed by atoms with E-state index >= 15 is 0 Å². The van der Waals surface area contributed by atoms with Crippen molar-refractivity contribution in [3.05, 3.63) is 35.4 Å². The molecule has 1 amide bonds. The Kier molecular flexibility index (Phi) is 4.94. The number of rotatable bonds is 4. The summed E-state index contributed by atoms with van der Waals surface area (Å²) >= 11 is 0. The summed E-state index contributed by atoms with van der Waals surface area (Å²) in [5, 5.41) is 0. The summed E-state index contributed by atoms with van der Waals surface area (Å²) in [6, 6.07) is 4.69. The fourth-order valence-electron chi connectivity index (χ4n) is 1.64. The number of amides is 1. The van der Waals surface area contributed by atoms with Gasteiger partial charge in [0, 0.05) is 26.1 Å². The van der Waals surface area contributed by atoms with Crippen LogP contribution >= 0.6 is 0 Å². The van der Waals surface area contributed by atoms with Gasteiger partial charge in [0.05, 0.1) is 5.56 Å². The van der Waals surface area contributed by atoms with E-state index in [-0.39, 0.29) is 24.9 Å². The minimum atomic E-state index is -4.37. The second-order valence-corrected chi connectivity index (χ2v) is 4.63. The van der Waals surface area contributed by atoms with Crippen LogP contribution in [0.5, 0.6) is 0 Å². The minimum Gasteiger partial charge on any atom is -0.341 e. The highest BCUT2D eigenvalue weighted by molar-refractivity contribution is 5.76. The van der Waals surface area contributed by atoms with Crippen LogP contribution in [-0.2, 0) is 17.5 Å². The molecule has 1 aromatic rings. The standard InChI is InChI=1S/C13H17F3N2O/c1-9(17)6-12(19)18(2)8-10-4-3-5-11(7-10)13(14,15)16/h3-5,7,9H,6,8,17H2,1-2H3. The first-order valence-corrected chi connectivity index (χ1v) is 5.86. The van der Waals surface area contributed by atoms with Gasteiger partial charge in [0.1, 0.15) is 0 Å². The molecule has 0 heterocycles. The third-order valence-electron chi connectivity index (χ3n) is 2.60.